The SMILES string of the molecule is O=C(O)Cc1cc(-c2ccc(Cl)s2)n[nH]1. The van der Waals surface area contributed by atoms with E-state index in [1.807, 2.05) is 6.07 Å². The second-order valence-electron chi connectivity index (χ2n) is 2.95. The van der Waals surface area contributed by atoms with Crippen molar-refractivity contribution in [3.8, 4) is 10.6 Å². The maximum absolute atomic E-state index is 10.5. The first-order valence-corrected chi connectivity index (χ1v) is 5.36. The molecule has 0 spiro atoms. The molecule has 78 valence electrons. The van der Waals surface area contributed by atoms with Crippen LogP contribution in [-0.2, 0) is 11.2 Å². The molecule has 0 saturated carbocycles. The highest BCUT2D eigenvalue weighted by Crippen LogP contribution is 2.29. The quantitative estimate of drug-likeness (QED) is 0.869. The minimum Gasteiger partial charge on any atom is -0.481 e. The lowest BCUT2D eigenvalue weighted by Crippen LogP contribution is -1.99. The molecule has 4 nitrogen and oxygen atoms in total. The van der Waals surface area contributed by atoms with E-state index in [1.165, 1.54) is 11.3 Å². The highest BCUT2D eigenvalue weighted by molar-refractivity contribution is 7.19. The van der Waals surface area contributed by atoms with Gasteiger partial charge in [-0.25, -0.2) is 0 Å². The van der Waals surface area contributed by atoms with E-state index in [4.69, 9.17) is 16.7 Å². The Morgan fingerprint density at radius 3 is 3.00 bits per heavy atom. The summed E-state index contributed by atoms with van der Waals surface area (Å²) in [6, 6.07) is 5.36. The molecule has 0 aliphatic rings. The molecular formula is C9H7ClN2O2S. The summed E-state index contributed by atoms with van der Waals surface area (Å²) in [6.45, 7) is 0. The normalized spacial score (nSPS) is 10.5. The first-order valence-electron chi connectivity index (χ1n) is 4.17. The Kier molecular flexibility index (Phi) is 2.75. The van der Waals surface area contributed by atoms with Gasteiger partial charge in [0.05, 0.1) is 15.6 Å². The van der Waals surface area contributed by atoms with Crippen molar-refractivity contribution in [2.75, 3.05) is 0 Å². The number of carboxylic acids is 1. The second kappa shape index (κ2) is 4.04. The van der Waals surface area contributed by atoms with E-state index < -0.39 is 5.97 Å². The van der Waals surface area contributed by atoms with E-state index in [0.717, 1.165) is 10.6 Å². The van der Waals surface area contributed by atoms with E-state index in [9.17, 15) is 4.79 Å². The lowest BCUT2D eigenvalue weighted by molar-refractivity contribution is -0.136. The van der Waals surface area contributed by atoms with Crippen molar-refractivity contribution in [2.24, 2.45) is 0 Å². The first kappa shape index (κ1) is 10.2. The first-order chi connectivity index (χ1) is 7.15. The highest BCUT2D eigenvalue weighted by atomic mass is 35.5. The second-order valence-corrected chi connectivity index (χ2v) is 4.67. The predicted molar refractivity (Wildman–Crippen MR) is 58.3 cm³/mol. The zero-order chi connectivity index (χ0) is 10.8. The van der Waals surface area contributed by atoms with Crippen LogP contribution in [0.3, 0.4) is 0 Å². The minimum absolute atomic E-state index is 0.0495. The van der Waals surface area contributed by atoms with Crippen LogP contribution in [0.25, 0.3) is 10.6 Å². The largest absolute Gasteiger partial charge is 0.481 e. The number of rotatable bonds is 3. The number of carboxylic acid groups (broad SMARTS) is 1. The molecule has 2 aromatic heterocycles. The molecule has 6 heteroatoms. The summed E-state index contributed by atoms with van der Waals surface area (Å²) in [5.41, 5.74) is 1.31. The zero-order valence-electron chi connectivity index (χ0n) is 7.53. The Morgan fingerprint density at radius 2 is 2.40 bits per heavy atom. The number of hydrogen-bond donors (Lipinski definition) is 2. The molecule has 0 aromatic carbocycles. The third kappa shape index (κ3) is 2.37. The average Bonchev–Trinajstić information content (AvgIpc) is 2.72. The van der Waals surface area contributed by atoms with E-state index in [0.29, 0.717) is 10.0 Å². The van der Waals surface area contributed by atoms with Gasteiger partial charge >= 0.3 is 5.97 Å². The van der Waals surface area contributed by atoms with Gasteiger partial charge in [-0.15, -0.1) is 11.3 Å². The number of thiophene rings is 1. The number of aliphatic carboxylic acids is 1. The lowest BCUT2D eigenvalue weighted by atomic mass is 10.2. The van der Waals surface area contributed by atoms with Crippen molar-refractivity contribution in [2.45, 2.75) is 6.42 Å². The van der Waals surface area contributed by atoms with Crippen LogP contribution >= 0.6 is 22.9 Å². The maximum atomic E-state index is 10.5. The van der Waals surface area contributed by atoms with Crippen LogP contribution in [0, 0.1) is 0 Å². The Hall–Kier alpha value is -1.33. The summed E-state index contributed by atoms with van der Waals surface area (Å²) in [6.07, 6.45) is -0.0495. The van der Waals surface area contributed by atoms with Crippen LogP contribution < -0.4 is 0 Å². The number of nitrogens with zero attached hydrogens (tertiary/aromatic N) is 1. The Morgan fingerprint density at radius 1 is 1.60 bits per heavy atom. The van der Waals surface area contributed by atoms with Crippen LogP contribution in [0.1, 0.15) is 5.69 Å². The van der Waals surface area contributed by atoms with Crippen molar-refractivity contribution in [1.29, 1.82) is 0 Å². The van der Waals surface area contributed by atoms with E-state index in [1.54, 1.807) is 12.1 Å². The van der Waals surface area contributed by atoms with E-state index >= 15 is 0 Å². The molecule has 0 bridgehead atoms. The lowest BCUT2D eigenvalue weighted by Gasteiger charge is -1.87. The van der Waals surface area contributed by atoms with Gasteiger partial charge in [-0.1, -0.05) is 11.6 Å². The summed E-state index contributed by atoms with van der Waals surface area (Å²) in [5, 5.41) is 15.3. The third-order valence-electron chi connectivity index (χ3n) is 1.80. The summed E-state index contributed by atoms with van der Waals surface area (Å²) in [4.78, 5) is 11.4. The molecule has 0 aliphatic heterocycles. The molecule has 2 N–H and O–H groups in total. The monoisotopic (exact) mass is 242 g/mol. The fourth-order valence-corrected chi connectivity index (χ4v) is 2.20. The zero-order valence-corrected chi connectivity index (χ0v) is 9.10. The summed E-state index contributed by atoms with van der Waals surface area (Å²) < 4.78 is 0.688. The summed E-state index contributed by atoms with van der Waals surface area (Å²) in [7, 11) is 0. The van der Waals surface area contributed by atoms with Crippen molar-refractivity contribution in [1.82, 2.24) is 10.2 Å². The molecule has 2 heterocycles. The number of halogens is 1. The highest BCUT2D eigenvalue weighted by Gasteiger charge is 2.08. The molecule has 0 amide bonds. The summed E-state index contributed by atoms with van der Waals surface area (Å²) in [5.74, 6) is -0.880. The standard InChI is InChI=1S/C9H7ClN2O2S/c10-8-2-1-7(15-8)6-3-5(11-12-6)4-9(13)14/h1-3H,4H2,(H,11,12)(H,13,14). The molecule has 15 heavy (non-hydrogen) atoms. The molecule has 0 fully saturated rings. The minimum atomic E-state index is -0.880. The van der Waals surface area contributed by atoms with Crippen LogP contribution in [0.4, 0.5) is 0 Å². The number of H-pyrrole nitrogens is 1. The fourth-order valence-electron chi connectivity index (χ4n) is 1.19. The molecule has 0 saturated heterocycles. The van der Waals surface area contributed by atoms with Gasteiger partial charge in [-0.3, -0.25) is 9.89 Å². The fraction of sp³-hybridized carbons (Fsp3) is 0.111. The van der Waals surface area contributed by atoms with Gasteiger partial charge < -0.3 is 5.11 Å². The smallest absolute Gasteiger partial charge is 0.309 e. The number of aromatic nitrogens is 2. The number of nitrogens with one attached hydrogen (secondary N) is 1. The van der Waals surface area contributed by atoms with Gasteiger partial charge in [-0.2, -0.15) is 5.10 Å². The number of hydrogen-bond acceptors (Lipinski definition) is 3. The molecule has 0 aliphatic carbocycles. The Bertz CT molecular complexity index is 492. The van der Waals surface area contributed by atoms with Gasteiger partial charge in [0, 0.05) is 5.69 Å². The van der Waals surface area contributed by atoms with Crippen molar-refractivity contribution >= 4 is 28.9 Å². The predicted octanol–water partition coefficient (Wildman–Crippen LogP) is 2.42. The number of carbonyl (C=O) groups is 1. The molecule has 0 unspecified atom stereocenters. The van der Waals surface area contributed by atoms with Gasteiger partial charge in [0.2, 0.25) is 0 Å². The molecule has 2 rings (SSSR count). The van der Waals surface area contributed by atoms with Crippen LogP contribution in [-0.4, -0.2) is 21.3 Å². The van der Waals surface area contributed by atoms with E-state index in [-0.39, 0.29) is 6.42 Å². The van der Waals surface area contributed by atoms with Crippen molar-refractivity contribution in [3.63, 3.8) is 0 Å². The van der Waals surface area contributed by atoms with Crippen LogP contribution in [0.2, 0.25) is 4.34 Å². The molecular weight excluding hydrogens is 236 g/mol. The van der Waals surface area contributed by atoms with Gasteiger partial charge in [0.1, 0.15) is 5.69 Å². The number of aromatic amines is 1. The average molecular weight is 243 g/mol. The summed E-state index contributed by atoms with van der Waals surface area (Å²) >= 11 is 7.20. The molecule has 2 aromatic rings. The van der Waals surface area contributed by atoms with Gasteiger partial charge in [-0.05, 0) is 18.2 Å². The van der Waals surface area contributed by atoms with Crippen LogP contribution in [0.5, 0.6) is 0 Å². The Labute approximate surface area is 94.5 Å². The maximum Gasteiger partial charge on any atom is 0.309 e. The van der Waals surface area contributed by atoms with E-state index in [2.05, 4.69) is 10.2 Å². The molecule has 0 atom stereocenters. The van der Waals surface area contributed by atoms with Crippen LogP contribution in [0.15, 0.2) is 18.2 Å². The van der Waals surface area contributed by atoms with Crippen molar-refractivity contribution < 1.29 is 9.90 Å². The van der Waals surface area contributed by atoms with Gasteiger partial charge in [0.15, 0.2) is 0 Å². The Balaban J connectivity index is 2.23. The third-order valence-corrected chi connectivity index (χ3v) is 3.05. The van der Waals surface area contributed by atoms with Gasteiger partial charge in [0.25, 0.3) is 0 Å². The molecule has 0 radical (unpaired) electrons. The topological polar surface area (TPSA) is 66.0 Å². The van der Waals surface area contributed by atoms with Crippen molar-refractivity contribution in [3.05, 3.63) is 28.2 Å².